The van der Waals surface area contributed by atoms with Crippen LogP contribution in [-0.2, 0) is 14.4 Å². The minimum atomic E-state index is -0.444. The smallest absolute Gasteiger partial charge is 0.344 e. The van der Waals surface area contributed by atoms with Crippen molar-refractivity contribution in [2.75, 3.05) is 5.48 Å². The highest BCUT2D eigenvalue weighted by molar-refractivity contribution is 5.89. The van der Waals surface area contributed by atoms with Crippen LogP contribution in [0.1, 0.15) is 13.8 Å². The van der Waals surface area contributed by atoms with E-state index in [-0.39, 0.29) is 0 Å². The molecule has 0 aliphatic heterocycles. The lowest BCUT2D eigenvalue weighted by Gasteiger charge is -2.06. The molecule has 98 valence electrons. The first-order chi connectivity index (χ1) is 9.08. The van der Waals surface area contributed by atoms with E-state index in [1.165, 1.54) is 18.6 Å². The lowest BCUT2D eigenvalue weighted by atomic mass is 10.2. The minimum absolute atomic E-state index is 0.421. The van der Waals surface area contributed by atoms with Crippen molar-refractivity contribution in [2.45, 2.75) is 13.8 Å². The molecule has 1 N–H and O–H groups in total. The molecule has 19 heavy (non-hydrogen) atoms. The van der Waals surface area contributed by atoms with Crippen molar-refractivity contribution < 1.29 is 24.0 Å². The number of carbonyl (C=O) groups excluding carboxylic acids is 2. The molecule has 0 atom stereocenters. The third-order valence-corrected chi connectivity index (χ3v) is 2.34. The van der Waals surface area contributed by atoms with Gasteiger partial charge in [0.15, 0.2) is 0 Å². The van der Waals surface area contributed by atoms with Crippen molar-refractivity contribution in [2.24, 2.45) is 0 Å². The van der Waals surface area contributed by atoms with Gasteiger partial charge in [-0.1, -0.05) is 12.1 Å². The van der Waals surface area contributed by atoms with E-state index in [2.05, 4.69) is 5.48 Å². The van der Waals surface area contributed by atoms with Crippen LogP contribution in [0.2, 0.25) is 0 Å². The van der Waals surface area contributed by atoms with Crippen molar-refractivity contribution in [3.05, 3.63) is 36.5 Å². The van der Waals surface area contributed by atoms with Crippen LogP contribution in [0.15, 0.2) is 36.5 Å². The normalized spacial score (nSPS) is 10.0. The third-order valence-electron chi connectivity index (χ3n) is 2.34. The number of nitrogens with one attached hydrogen (secondary N) is 1. The van der Waals surface area contributed by atoms with Gasteiger partial charge in [0.25, 0.3) is 5.52 Å². The number of carbonyl (C=O) groups is 2. The first-order valence-electron chi connectivity index (χ1n) is 5.63. The fourth-order valence-corrected chi connectivity index (χ4v) is 1.64. The van der Waals surface area contributed by atoms with Gasteiger partial charge in [0.05, 0.1) is 11.1 Å². The van der Waals surface area contributed by atoms with E-state index >= 15 is 0 Å². The second kappa shape index (κ2) is 5.34. The van der Waals surface area contributed by atoms with Crippen molar-refractivity contribution in [1.82, 2.24) is 0 Å². The van der Waals surface area contributed by atoms with Crippen molar-refractivity contribution in [3.8, 4) is 0 Å². The van der Waals surface area contributed by atoms with Crippen LogP contribution >= 0.6 is 0 Å². The number of hydrogen-bond donors (Lipinski definition) is 1. The van der Waals surface area contributed by atoms with E-state index in [1.807, 2.05) is 18.2 Å². The number of hydrogen-bond acceptors (Lipinski definition) is 5. The molecular weight excluding hydrogens is 248 g/mol. The van der Waals surface area contributed by atoms with Crippen LogP contribution in [0.25, 0.3) is 10.9 Å². The van der Waals surface area contributed by atoms with E-state index < -0.39 is 11.9 Å². The Morgan fingerprint density at radius 2 is 1.84 bits per heavy atom. The fraction of sp³-hybridized carbons (Fsp3) is 0.154. The maximum Gasteiger partial charge on any atom is 0.377 e. The summed E-state index contributed by atoms with van der Waals surface area (Å²) >= 11 is 0. The van der Waals surface area contributed by atoms with Crippen molar-refractivity contribution in [1.29, 1.82) is 0 Å². The van der Waals surface area contributed by atoms with E-state index in [0.717, 1.165) is 5.39 Å². The van der Waals surface area contributed by atoms with Crippen LogP contribution < -0.4 is 15.0 Å². The first kappa shape index (κ1) is 12.8. The maximum atomic E-state index is 11.0. The second-order valence-corrected chi connectivity index (χ2v) is 3.85. The first-order valence-corrected chi connectivity index (χ1v) is 5.63. The molecular formula is C13H13N2O4+. The third kappa shape index (κ3) is 2.98. The summed E-state index contributed by atoms with van der Waals surface area (Å²) in [4.78, 5) is 31.6. The SMILES string of the molecule is CC(=O)ONc1cc[n+](OC(C)=O)c2ccccc12. The molecule has 0 unspecified atom stereocenters. The summed E-state index contributed by atoms with van der Waals surface area (Å²) < 4.78 is 1.36. The molecule has 0 saturated carbocycles. The number of aromatic nitrogens is 1. The Kier molecular flexibility index (Phi) is 3.61. The molecule has 0 aliphatic carbocycles. The summed E-state index contributed by atoms with van der Waals surface area (Å²) in [6.07, 6.45) is 1.57. The van der Waals surface area contributed by atoms with E-state index in [4.69, 9.17) is 9.68 Å². The zero-order valence-electron chi connectivity index (χ0n) is 10.5. The van der Waals surface area contributed by atoms with E-state index in [9.17, 15) is 9.59 Å². The van der Waals surface area contributed by atoms with E-state index in [0.29, 0.717) is 11.2 Å². The zero-order chi connectivity index (χ0) is 13.8. The molecule has 0 radical (unpaired) electrons. The lowest BCUT2D eigenvalue weighted by Crippen LogP contribution is -2.45. The van der Waals surface area contributed by atoms with Gasteiger partial charge in [0, 0.05) is 30.7 Å². The highest BCUT2D eigenvalue weighted by atomic mass is 16.7. The molecule has 0 aliphatic rings. The van der Waals surface area contributed by atoms with Crippen LogP contribution in [0.5, 0.6) is 0 Å². The van der Waals surface area contributed by atoms with Crippen LogP contribution in [0, 0.1) is 0 Å². The van der Waals surface area contributed by atoms with Gasteiger partial charge < -0.3 is 4.84 Å². The van der Waals surface area contributed by atoms with Gasteiger partial charge in [0.2, 0.25) is 6.20 Å². The number of para-hydroxylation sites is 1. The average Bonchev–Trinajstić information content (AvgIpc) is 2.37. The number of fused-ring (bicyclic) bond motifs is 1. The summed E-state index contributed by atoms with van der Waals surface area (Å²) in [5, 5.41) is 0.757. The Morgan fingerprint density at radius 1 is 1.11 bits per heavy atom. The highest BCUT2D eigenvalue weighted by Gasteiger charge is 2.16. The Morgan fingerprint density at radius 3 is 2.53 bits per heavy atom. The van der Waals surface area contributed by atoms with Crippen LogP contribution in [0.4, 0.5) is 5.69 Å². The highest BCUT2D eigenvalue weighted by Crippen LogP contribution is 2.19. The number of benzene rings is 1. The quantitative estimate of drug-likeness (QED) is 0.659. The molecule has 2 rings (SSSR count). The number of rotatable bonds is 3. The number of pyridine rings is 1. The minimum Gasteiger partial charge on any atom is -0.344 e. The van der Waals surface area contributed by atoms with Crippen LogP contribution in [-0.4, -0.2) is 11.9 Å². The predicted molar refractivity (Wildman–Crippen MR) is 66.8 cm³/mol. The molecule has 6 heteroatoms. The van der Waals surface area contributed by atoms with Crippen molar-refractivity contribution in [3.63, 3.8) is 0 Å². The summed E-state index contributed by atoms with van der Waals surface area (Å²) in [6.45, 7) is 2.63. The molecule has 0 saturated heterocycles. The topological polar surface area (TPSA) is 68.5 Å². The number of nitrogens with zero attached hydrogens (tertiary/aromatic N) is 1. The van der Waals surface area contributed by atoms with Crippen molar-refractivity contribution >= 4 is 28.5 Å². The Bertz CT molecular complexity index is 640. The Hall–Kier alpha value is -2.63. The summed E-state index contributed by atoms with van der Waals surface area (Å²) in [7, 11) is 0. The Labute approximate surface area is 109 Å². The molecule has 0 fully saturated rings. The molecule has 0 spiro atoms. The lowest BCUT2D eigenvalue weighted by molar-refractivity contribution is -0.848. The van der Waals surface area contributed by atoms with E-state index in [1.54, 1.807) is 18.3 Å². The van der Waals surface area contributed by atoms with Gasteiger partial charge in [-0.05, 0) is 6.07 Å². The Balaban J connectivity index is 2.45. The predicted octanol–water partition coefficient (Wildman–Crippen LogP) is 0.992. The second-order valence-electron chi connectivity index (χ2n) is 3.85. The molecule has 1 aromatic carbocycles. The summed E-state index contributed by atoms with van der Waals surface area (Å²) in [6, 6.07) is 8.91. The largest absolute Gasteiger partial charge is 0.377 e. The molecule has 2 aromatic rings. The van der Waals surface area contributed by atoms with Gasteiger partial charge in [-0.25, -0.2) is 10.3 Å². The standard InChI is InChI=1S/C13H12N2O4/c1-9(16)18-14-12-7-8-15(19-10(2)17)13-6-4-3-5-11(12)13/h3-8H,1-2H3/p+1. The monoisotopic (exact) mass is 261 g/mol. The fourth-order valence-electron chi connectivity index (χ4n) is 1.64. The average molecular weight is 261 g/mol. The summed E-state index contributed by atoms with van der Waals surface area (Å²) in [5.41, 5.74) is 3.85. The van der Waals surface area contributed by atoms with Crippen LogP contribution in [0.3, 0.4) is 0 Å². The maximum absolute atomic E-state index is 11.0. The van der Waals surface area contributed by atoms with Gasteiger partial charge in [0.1, 0.15) is 0 Å². The zero-order valence-corrected chi connectivity index (χ0v) is 10.5. The molecule has 0 amide bonds. The molecule has 6 nitrogen and oxygen atoms in total. The van der Waals surface area contributed by atoms with Gasteiger partial charge in [-0.2, -0.15) is 4.84 Å². The number of anilines is 1. The van der Waals surface area contributed by atoms with Gasteiger partial charge in [-0.15, -0.1) is 0 Å². The molecule has 1 heterocycles. The summed E-state index contributed by atoms with van der Waals surface area (Å²) in [5.74, 6) is -0.864. The molecule has 0 bridgehead atoms. The molecule has 1 aromatic heterocycles. The van der Waals surface area contributed by atoms with Gasteiger partial charge in [-0.3, -0.25) is 4.79 Å². The van der Waals surface area contributed by atoms with Gasteiger partial charge >= 0.3 is 11.9 Å².